The van der Waals surface area contributed by atoms with Crippen molar-refractivity contribution in [2.45, 2.75) is 19.9 Å². The first kappa shape index (κ1) is 16.8. The lowest BCUT2D eigenvalue weighted by atomic mass is 10.1. The average molecular weight is 361 g/mol. The highest BCUT2D eigenvalue weighted by Gasteiger charge is 2.17. The molecule has 0 saturated heterocycles. The fourth-order valence-electron chi connectivity index (χ4n) is 3.17. The summed E-state index contributed by atoms with van der Waals surface area (Å²) in [5.41, 5.74) is 4.24. The first-order chi connectivity index (χ1) is 13.1. The largest absolute Gasteiger partial charge is 0.323 e. The van der Waals surface area contributed by atoms with Crippen LogP contribution in [0.2, 0.25) is 0 Å². The van der Waals surface area contributed by atoms with Crippen LogP contribution in [0.5, 0.6) is 0 Å². The van der Waals surface area contributed by atoms with E-state index in [0.29, 0.717) is 35.2 Å². The highest BCUT2D eigenvalue weighted by Crippen LogP contribution is 2.18. The number of hydrogen-bond acceptors (Lipinski definition) is 3. The second-order valence-corrected chi connectivity index (χ2v) is 6.30. The van der Waals surface area contributed by atoms with E-state index in [1.807, 2.05) is 41.9 Å². The van der Waals surface area contributed by atoms with Crippen LogP contribution in [0.3, 0.4) is 0 Å². The van der Waals surface area contributed by atoms with Gasteiger partial charge in [-0.2, -0.15) is 5.10 Å². The van der Waals surface area contributed by atoms with Gasteiger partial charge in [0.2, 0.25) is 0 Å². The zero-order valence-corrected chi connectivity index (χ0v) is 14.8. The molecule has 0 aliphatic rings. The minimum absolute atomic E-state index is 0.219. The molecule has 136 valence electrons. The van der Waals surface area contributed by atoms with Gasteiger partial charge in [0.15, 0.2) is 0 Å². The molecule has 4 aromatic rings. The highest BCUT2D eigenvalue weighted by molar-refractivity contribution is 6.05. The summed E-state index contributed by atoms with van der Waals surface area (Å²) in [4.78, 5) is 29.5. The molecule has 0 aliphatic heterocycles. The van der Waals surface area contributed by atoms with E-state index in [2.05, 4.69) is 20.4 Å². The molecule has 0 radical (unpaired) electrons. The molecule has 1 amide bonds. The molecule has 0 bridgehead atoms. The van der Waals surface area contributed by atoms with Crippen molar-refractivity contribution in [1.29, 1.82) is 0 Å². The minimum atomic E-state index is -0.274. The number of aromatic amines is 2. The Kier molecular flexibility index (Phi) is 4.33. The van der Waals surface area contributed by atoms with Crippen molar-refractivity contribution in [3.8, 4) is 0 Å². The predicted molar refractivity (Wildman–Crippen MR) is 104 cm³/mol. The van der Waals surface area contributed by atoms with Crippen LogP contribution in [0.15, 0.2) is 59.5 Å². The molecular formula is C20H19N5O2. The van der Waals surface area contributed by atoms with Gasteiger partial charge in [-0.3, -0.25) is 9.48 Å². The van der Waals surface area contributed by atoms with Crippen LogP contribution in [-0.4, -0.2) is 25.7 Å². The van der Waals surface area contributed by atoms with E-state index in [1.54, 1.807) is 24.4 Å². The lowest BCUT2D eigenvalue weighted by Crippen LogP contribution is -2.15. The number of nitrogens with zero attached hydrogens (tertiary/aromatic N) is 2. The lowest BCUT2D eigenvalue weighted by molar-refractivity contribution is 0.102. The Morgan fingerprint density at radius 2 is 1.89 bits per heavy atom. The standard InChI is InChI=1S/C20H19N5O2/c1-2-18-15(11-21-25(18)12-13-6-4-3-5-7-13)19(26)22-14-8-9-16-17(10-14)24-20(27)23-16/h3-11H,2,12H2,1H3,(H,22,26)(H2,23,24,27). The zero-order valence-electron chi connectivity index (χ0n) is 14.8. The van der Waals surface area contributed by atoms with Crippen LogP contribution in [0.1, 0.15) is 28.5 Å². The Labute approximate surface area is 155 Å². The maximum Gasteiger partial charge on any atom is 0.323 e. The van der Waals surface area contributed by atoms with Gasteiger partial charge in [0.1, 0.15) is 0 Å². The molecule has 27 heavy (non-hydrogen) atoms. The number of imidazole rings is 1. The summed E-state index contributed by atoms with van der Waals surface area (Å²) in [6.07, 6.45) is 2.30. The molecule has 2 aromatic heterocycles. The Bertz CT molecular complexity index is 1150. The molecule has 7 nitrogen and oxygen atoms in total. The molecule has 0 atom stereocenters. The van der Waals surface area contributed by atoms with E-state index in [4.69, 9.17) is 0 Å². The van der Waals surface area contributed by atoms with Gasteiger partial charge in [-0.05, 0) is 30.2 Å². The quantitative estimate of drug-likeness (QED) is 0.510. The monoisotopic (exact) mass is 361 g/mol. The smallest absolute Gasteiger partial charge is 0.322 e. The summed E-state index contributed by atoms with van der Waals surface area (Å²) >= 11 is 0. The summed E-state index contributed by atoms with van der Waals surface area (Å²) in [6, 6.07) is 15.2. The van der Waals surface area contributed by atoms with E-state index in [0.717, 1.165) is 11.3 Å². The molecule has 0 aliphatic carbocycles. The summed E-state index contributed by atoms with van der Waals surface area (Å²) in [5, 5.41) is 7.28. The molecule has 3 N–H and O–H groups in total. The van der Waals surface area contributed by atoms with Crippen molar-refractivity contribution in [3.63, 3.8) is 0 Å². The van der Waals surface area contributed by atoms with E-state index in [-0.39, 0.29) is 11.6 Å². The molecule has 0 unspecified atom stereocenters. The van der Waals surface area contributed by atoms with Gasteiger partial charge in [-0.15, -0.1) is 0 Å². The second kappa shape index (κ2) is 6.95. The maximum absolute atomic E-state index is 12.8. The first-order valence-corrected chi connectivity index (χ1v) is 8.76. The summed E-state index contributed by atoms with van der Waals surface area (Å²) in [6.45, 7) is 2.62. The number of aromatic nitrogens is 4. The molecule has 4 rings (SSSR count). The molecule has 2 aromatic carbocycles. The van der Waals surface area contributed by atoms with Crippen molar-refractivity contribution >= 4 is 22.6 Å². The fourth-order valence-corrected chi connectivity index (χ4v) is 3.17. The number of H-pyrrole nitrogens is 2. The van der Waals surface area contributed by atoms with Crippen LogP contribution >= 0.6 is 0 Å². The van der Waals surface area contributed by atoms with Gasteiger partial charge in [-0.25, -0.2) is 4.79 Å². The van der Waals surface area contributed by atoms with Crippen molar-refractivity contribution in [3.05, 3.63) is 82.0 Å². The number of fused-ring (bicyclic) bond motifs is 1. The normalized spacial score (nSPS) is 11.0. The third-order valence-corrected chi connectivity index (χ3v) is 4.48. The summed E-state index contributed by atoms with van der Waals surface area (Å²) in [5.74, 6) is -0.219. The third-order valence-electron chi connectivity index (χ3n) is 4.48. The third kappa shape index (κ3) is 3.39. The van der Waals surface area contributed by atoms with Gasteiger partial charge in [-0.1, -0.05) is 37.3 Å². The first-order valence-electron chi connectivity index (χ1n) is 8.76. The van der Waals surface area contributed by atoms with Crippen LogP contribution in [-0.2, 0) is 13.0 Å². The van der Waals surface area contributed by atoms with Crippen molar-refractivity contribution in [2.75, 3.05) is 5.32 Å². The maximum atomic E-state index is 12.8. The van der Waals surface area contributed by atoms with E-state index >= 15 is 0 Å². The SMILES string of the molecule is CCc1c(C(=O)Nc2ccc3[nH]c(=O)[nH]c3c2)cnn1Cc1ccccc1. The lowest BCUT2D eigenvalue weighted by Gasteiger charge is -2.09. The number of carbonyl (C=O) groups is 1. The van der Waals surface area contributed by atoms with Crippen molar-refractivity contribution in [2.24, 2.45) is 0 Å². The number of amides is 1. The van der Waals surface area contributed by atoms with E-state index in [9.17, 15) is 9.59 Å². The van der Waals surface area contributed by atoms with Crippen LogP contribution < -0.4 is 11.0 Å². The van der Waals surface area contributed by atoms with Gasteiger partial charge < -0.3 is 15.3 Å². The summed E-state index contributed by atoms with van der Waals surface area (Å²) in [7, 11) is 0. The predicted octanol–water partition coefficient (Wildman–Crippen LogP) is 2.92. The van der Waals surface area contributed by atoms with Gasteiger partial charge in [0.05, 0.1) is 35.0 Å². The fraction of sp³-hybridized carbons (Fsp3) is 0.150. The Hall–Kier alpha value is -3.61. The van der Waals surface area contributed by atoms with Crippen LogP contribution in [0.4, 0.5) is 5.69 Å². The second-order valence-electron chi connectivity index (χ2n) is 6.30. The highest BCUT2D eigenvalue weighted by atomic mass is 16.2. The van der Waals surface area contributed by atoms with Crippen LogP contribution in [0, 0.1) is 0 Å². The van der Waals surface area contributed by atoms with E-state index in [1.165, 1.54) is 0 Å². The van der Waals surface area contributed by atoms with Gasteiger partial charge in [0.25, 0.3) is 5.91 Å². The van der Waals surface area contributed by atoms with Crippen molar-refractivity contribution < 1.29 is 4.79 Å². The number of nitrogens with one attached hydrogen (secondary N) is 3. The van der Waals surface area contributed by atoms with Crippen molar-refractivity contribution in [1.82, 2.24) is 19.7 Å². The van der Waals surface area contributed by atoms with Crippen LogP contribution in [0.25, 0.3) is 11.0 Å². The number of carbonyl (C=O) groups excluding carboxylic acids is 1. The molecule has 0 spiro atoms. The Balaban J connectivity index is 1.58. The minimum Gasteiger partial charge on any atom is -0.322 e. The zero-order chi connectivity index (χ0) is 18.8. The molecule has 7 heteroatoms. The number of benzene rings is 2. The number of anilines is 1. The number of hydrogen-bond donors (Lipinski definition) is 3. The molecule has 2 heterocycles. The van der Waals surface area contributed by atoms with Gasteiger partial charge >= 0.3 is 5.69 Å². The Morgan fingerprint density at radius 3 is 2.67 bits per heavy atom. The topological polar surface area (TPSA) is 95.6 Å². The molecular weight excluding hydrogens is 342 g/mol. The summed E-state index contributed by atoms with van der Waals surface area (Å²) < 4.78 is 1.86. The number of rotatable bonds is 5. The average Bonchev–Trinajstić information content (AvgIpc) is 3.24. The van der Waals surface area contributed by atoms with Gasteiger partial charge in [0, 0.05) is 5.69 Å². The van der Waals surface area contributed by atoms with E-state index < -0.39 is 0 Å². The Morgan fingerprint density at radius 1 is 1.11 bits per heavy atom. The molecule has 0 fully saturated rings. The molecule has 0 saturated carbocycles.